The first kappa shape index (κ1) is 13.3. The van der Waals surface area contributed by atoms with Gasteiger partial charge in [0, 0.05) is 37.2 Å². The maximum atomic E-state index is 5.88. The van der Waals surface area contributed by atoms with Gasteiger partial charge in [-0.1, -0.05) is 11.6 Å². The Bertz CT molecular complexity index is 339. The minimum atomic E-state index is 0.605. The Kier molecular flexibility index (Phi) is 5.25. The molecule has 1 N–H and O–H groups in total. The second kappa shape index (κ2) is 6.71. The van der Waals surface area contributed by atoms with Crippen LogP contribution in [-0.2, 0) is 11.3 Å². The molecule has 1 aromatic rings. The second-order valence-corrected chi connectivity index (χ2v) is 6.18. The highest BCUT2D eigenvalue weighted by Gasteiger charge is 2.19. The molecule has 3 nitrogen and oxygen atoms in total. The molecule has 0 aliphatic carbocycles. The topological polar surface area (TPSA) is 24.5 Å². The van der Waals surface area contributed by atoms with E-state index in [1.54, 1.807) is 11.3 Å². The Morgan fingerprint density at radius 2 is 2.47 bits per heavy atom. The summed E-state index contributed by atoms with van der Waals surface area (Å²) in [5, 5.41) is 3.44. The second-order valence-electron chi connectivity index (χ2n) is 4.38. The largest absolute Gasteiger partial charge is 0.380 e. The van der Waals surface area contributed by atoms with E-state index in [1.807, 2.05) is 6.07 Å². The van der Waals surface area contributed by atoms with Crippen LogP contribution in [0.25, 0.3) is 0 Å². The molecule has 5 heteroatoms. The van der Waals surface area contributed by atoms with Crippen LogP contribution in [-0.4, -0.2) is 44.3 Å². The predicted octanol–water partition coefficient (Wildman–Crippen LogP) is 2.21. The van der Waals surface area contributed by atoms with Crippen LogP contribution in [0.3, 0.4) is 0 Å². The Hall–Kier alpha value is -0.130. The van der Waals surface area contributed by atoms with E-state index in [9.17, 15) is 0 Å². The van der Waals surface area contributed by atoms with Crippen LogP contribution in [0.2, 0.25) is 4.34 Å². The number of nitrogens with one attached hydrogen (secondary N) is 1. The molecule has 17 heavy (non-hydrogen) atoms. The molecule has 96 valence electrons. The molecule has 1 atom stereocenters. The summed E-state index contributed by atoms with van der Waals surface area (Å²) < 4.78 is 6.24. The summed E-state index contributed by atoms with van der Waals surface area (Å²) >= 11 is 7.52. The molecule has 2 heterocycles. The Morgan fingerprint density at radius 1 is 1.59 bits per heavy atom. The van der Waals surface area contributed by atoms with E-state index in [1.165, 1.54) is 4.88 Å². The maximum absolute atomic E-state index is 5.88. The van der Waals surface area contributed by atoms with Crippen molar-refractivity contribution in [3.63, 3.8) is 0 Å². The highest BCUT2D eigenvalue weighted by molar-refractivity contribution is 7.16. The molecule has 1 saturated heterocycles. The molecule has 1 unspecified atom stereocenters. The van der Waals surface area contributed by atoms with Gasteiger partial charge in [0.15, 0.2) is 0 Å². The number of hydrogen-bond donors (Lipinski definition) is 1. The Labute approximate surface area is 112 Å². The zero-order chi connectivity index (χ0) is 12.1. The maximum Gasteiger partial charge on any atom is 0.0931 e. The average molecular weight is 275 g/mol. The first-order chi connectivity index (χ1) is 8.25. The van der Waals surface area contributed by atoms with Gasteiger partial charge in [-0.25, -0.2) is 0 Å². The molecule has 1 fully saturated rings. The molecule has 1 aliphatic heterocycles. The van der Waals surface area contributed by atoms with Crippen molar-refractivity contribution in [2.75, 3.05) is 33.4 Å². The normalized spacial score (nSPS) is 20.3. The summed E-state index contributed by atoms with van der Waals surface area (Å²) in [6.45, 7) is 4.77. The molecule has 0 aromatic carbocycles. The fourth-order valence-electron chi connectivity index (χ4n) is 1.97. The number of hydrogen-bond acceptors (Lipinski definition) is 4. The van der Waals surface area contributed by atoms with E-state index in [2.05, 4.69) is 23.3 Å². The van der Waals surface area contributed by atoms with Crippen molar-refractivity contribution in [2.24, 2.45) is 0 Å². The molecular formula is C12H19ClN2OS. The van der Waals surface area contributed by atoms with E-state index in [-0.39, 0.29) is 0 Å². The first-order valence-corrected chi connectivity index (χ1v) is 7.18. The third-order valence-electron chi connectivity index (χ3n) is 3.10. The third-order valence-corrected chi connectivity index (χ3v) is 4.33. The number of likely N-dealkylation sites (N-methyl/N-ethyl adjacent to an activating group) is 1. The molecule has 0 amide bonds. The van der Waals surface area contributed by atoms with Gasteiger partial charge >= 0.3 is 0 Å². The number of ether oxygens (including phenoxy) is 1. The number of nitrogens with zero attached hydrogens (tertiary/aromatic N) is 1. The highest BCUT2D eigenvalue weighted by Crippen LogP contribution is 2.20. The van der Waals surface area contributed by atoms with Gasteiger partial charge < -0.3 is 10.1 Å². The monoisotopic (exact) mass is 274 g/mol. The van der Waals surface area contributed by atoms with Gasteiger partial charge in [-0.3, -0.25) is 4.90 Å². The minimum Gasteiger partial charge on any atom is -0.380 e. The van der Waals surface area contributed by atoms with Gasteiger partial charge in [0.1, 0.15) is 0 Å². The highest BCUT2D eigenvalue weighted by atomic mass is 35.5. The molecule has 1 aromatic heterocycles. The Balaban J connectivity index is 1.59. The van der Waals surface area contributed by atoms with Crippen molar-refractivity contribution < 1.29 is 4.74 Å². The number of rotatable bonds is 6. The van der Waals surface area contributed by atoms with E-state index in [0.717, 1.165) is 43.6 Å². The van der Waals surface area contributed by atoms with Gasteiger partial charge in [-0.05, 0) is 25.6 Å². The molecular weight excluding hydrogens is 256 g/mol. The summed E-state index contributed by atoms with van der Waals surface area (Å²) in [7, 11) is 2.17. The fraction of sp³-hybridized carbons (Fsp3) is 0.667. The lowest BCUT2D eigenvalue weighted by molar-refractivity contribution is 0.159. The molecule has 1 aliphatic rings. The van der Waals surface area contributed by atoms with E-state index in [0.29, 0.717) is 6.04 Å². The fourth-order valence-corrected chi connectivity index (χ4v) is 3.02. The van der Waals surface area contributed by atoms with Crippen LogP contribution in [0.4, 0.5) is 0 Å². The van der Waals surface area contributed by atoms with Crippen molar-refractivity contribution in [1.82, 2.24) is 10.2 Å². The zero-order valence-electron chi connectivity index (χ0n) is 10.1. The summed E-state index contributed by atoms with van der Waals surface area (Å²) in [5.41, 5.74) is 0. The van der Waals surface area contributed by atoms with Crippen molar-refractivity contribution >= 4 is 22.9 Å². The summed E-state index contributed by atoms with van der Waals surface area (Å²) in [4.78, 5) is 3.67. The minimum absolute atomic E-state index is 0.605. The van der Waals surface area contributed by atoms with Gasteiger partial charge in [0.2, 0.25) is 0 Å². The van der Waals surface area contributed by atoms with Crippen molar-refractivity contribution in [1.29, 1.82) is 0 Å². The van der Waals surface area contributed by atoms with Crippen molar-refractivity contribution in [3.05, 3.63) is 21.3 Å². The SMILES string of the molecule is CN(CCNCc1ccc(Cl)s1)C1CCOC1. The van der Waals surface area contributed by atoms with Crippen LogP contribution in [0, 0.1) is 0 Å². The molecule has 0 bridgehead atoms. The average Bonchev–Trinajstić information content (AvgIpc) is 2.95. The number of halogens is 1. The quantitative estimate of drug-likeness (QED) is 0.805. The van der Waals surface area contributed by atoms with Gasteiger partial charge in [-0.15, -0.1) is 11.3 Å². The molecule has 0 saturated carbocycles. The van der Waals surface area contributed by atoms with Crippen molar-refractivity contribution in [3.8, 4) is 0 Å². The lowest BCUT2D eigenvalue weighted by atomic mass is 10.2. The van der Waals surface area contributed by atoms with Crippen LogP contribution in [0.15, 0.2) is 12.1 Å². The van der Waals surface area contributed by atoms with Gasteiger partial charge in [0.25, 0.3) is 0 Å². The number of thiophene rings is 1. The lowest BCUT2D eigenvalue weighted by Crippen LogP contribution is -2.37. The lowest BCUT2D eigenvalue weighted by Gasteiger charge is -2.22. The Morgan fingerprint density at radius 3 is 3.12 bits per heavy atom. The zero-order valence-corrected chi connectivity index (χ0v) is 11.7. The van der Waals surface area contributed by atoms with Crippen molar-refractivity contribution in [2.45, 2.75) is 19.0 Å². The summed E-state index contributed by atoms with van der Waals surface area (Å²) in [6, 6.07) is 4.63. The summed E-state index contributed by atoms with van der Waals surface area (Å²) in [6.07, 6.45) is 1.16. The van der Waals surface area contributed by atoms with E-state index >= 15 is 0 Å². The molecule has 2 rings (SSSR count). The van der Waals surface area contributed by atoms with Crippen LogP contribution < -0.4 is 5.32 Å². The smallest absolute Gasteiger partial charge is 0.0931 e. The van der Waals surface area contributed by atoms with Gasteiger partial charge in [-0.2, -0.15) is 0 Å². The first-order valence-electron chi connectivity index (χ1n) is 5.98. The van der Waals surface area contributed by atoms with Crippen LogP contribution in [0.5, 0.6) is 0 Å². The molecule has 0 radical (unpaired) electrons. The molecule has 0 spiro atoms. The van der Waals surface area contributed by atoms with E-state index < -0.39 is 0 Å². The van der Waals surface area contributed by atoms with Crippen LogP contribution in [0.1, 0.15) is 11.3 Å². The van der Waals surface area contributed by atoms with E-state index in [4.69, 9.17) is 16.3 Å². The summed E-state index contributed by atoms with van der Waals surface area (Å²) in [5.74, 6) is 0. The van der Waals surface area contributed by atoms with Crippen LogP contribution >= 0.6 is 22.9 Å². The standard InChI is InChI=1S/C12H19ClN2OS/c1-15(10-4-7-16-9-10)6-5-14-8-11-2-3-12(13)17-11/h2-3,10,14H,4-9H2,1H3. The predicted molar refractivity (Wildman–Crippen MR) is 72.9 cm³/mol. The third kappa shape index (κ3) is 4.23. The van der Waals surface area contributed by atoms with Gasteiger partial charge in [0.05, 0.1) is 10.9 Å².